The molecule has 1 aliphatic heterocycles. The summed E-state index contributed by atoms with van der Waals surface area (Å²) in [6, 6.07) is 14.9. The Hall–Kier alpha value is -3.59. The van der Waals surface area contributed by atoms with Crippen molar-refractivity contribution in [2.75, 3.05) is 18.4 Å². The molecule has 0 saturated carbocycles. The van der Waals surface area contributed by atoms with Crippen LogP contribution in [0.3, 0.4) is 0 Å². The van der Waals surface area contributed by atoms with Crippen molar-refractivity contribution in [2.24, 2.45) is 5.92 Å². The van der Waals surface area contributed by atoms with E-state index in [1.807, 2.05) is 35.2 Å². The number of thiazole rings is 1. The summed E-state index contributed by atoms with van der Waals surface area (Å²) in [4.78, 5) is 42.4. The quantitative estimate of drug-likeness (QED) is 0.386. The predicted octanol–water partition coefficient (Wildman–Crippen LogP) is 4.84. The molecule has 2 amide bonds. The normalized spacial score (nSPS) is 14.1. The van der Waals surface area contributed by atoms with Crippen LogP contribution in [0.1, 0.15) is 30.4 Å². The van der Waals surface area contributed by atoms with Crippen LogP contribution in [-0.2, 0) is 16.0 Å². The maximum atomic E-state index is 12.8. The number of hydrogen-bond donors (Lipinski definition) is 1. The van der Waals surface area contributed by atoms with Gasteiger partial charge in [0.2, 0.25) is 11.8 Å². The zero-order valence-electron chi connectivity index (χ0n) is 18.9. The third-order valence-electron chi connectivity index (χ3n) is 6.12. The molecule has 3 aromatic rings. The van der Waals surface area contributed by atoms with Crippen molar-refractivity contribution in [1.29, 1.82) is 0 Å². The number of aryl methyl sites for hydroxylation is 2. The Morgan fingerprint density at radius 2 is 1.91 bits per heavy atom. The van der Waals surface area contributed by atoms with E-state index in [0.29, 0.717) is 54.3 Å². The highest BCUT2D eigenvalue weighted by molar-refractivity contribution is 7.14. The van der Waals surface area contributed by atoms with Crippen molar-refractivity contribution in [1.82, 2.24) is 9.88 Å². The van der Waals surface area contributed by atoms with Gasteiger partial charge in [-0.3, -0.25) is 19.7 Å². The van der Waals surface area contributed by atoms with Crippen molar-refractivity contribution in [2.45, 2.75) is 32.6 Å². The van der Waals surface area contributed by atoms with Crippen molar-refractivity contribution in [3.8, 4) is 11.3 Å². The van der Waals surface area contributed by atoms with Crippen LogP contribution >= 0.6 is 11.3 Å². The molecule has 4 rings (SSSR count). The molecule has 1 aromatic heterocycles. The summed E-state index contributed by atoms with van der Waals surface area (Å²) < 4.78 is 0. The Morgan fingerprint density at radius 1 is 1.18 bits per heavy atom. The lowest BCUT2D eigenvalue weighted by Crippen LogP contribution is -2.41. The van der Waals surface area contributed by atoms with Crippen LogP contribution in [0.15, 0.2) is 53.9 Å². The molecule has 1 fully saturated rings. The van der Waals surface area contributed by atoms with Gasteiger partial charge in [-0.25, -0.2) is 4.98 Å². The van der Waals surface area contributed by atoms with E-state index in [-0.39, 0.29) is 23.4 Å². The van der Waals surface area contributed by atoms with E-state index in [9.17, 15) is 19.7 Å². The topological polar surface area (TPSA) is 105 Å². The lowest BCUT2D eigenvalue weighted by Gasteiger charge is -2.31. The van der Waals surface area contributed by atoms with Gasteiger partial charge in [0.1, 0.15) is 0 Å². The van der Waals surface area contributed by atoms with Gasteiger partial charge in [0.25, 0.3) is 5.69 Å². The number of carbonyl (C=O) groups is 2. The zero-order chi connectivity index (χ0) is 24.1. The van der Waals surface area contributed by atoms with Crippen LogP contribution in [0.2, 0.25) is 0 Å². The minimum Gasteiger partial charge on any atom is -0.343 e. The van der Waals surface area contributed by atoms with Gasteiger partial charge in [-0.15, -0.1) is 11.3 Å². The number of rotatable bonds is 7. The Morgan fingerprint density at radius 3 is 2.62 bits per heavy atom. The summed E-state index contributed by atoms with van der Waals surface area (Å²) in [7, 11) is 0. The minimum atomic E-state index is -0.410. The van der Waals surface area contributed by atoms with E-state index in [1.54, 1.807) is 24.4 Å². The second-order valence-corrected chi connectivity index (χ2v) is 9.28. The van der Waals surface area contributed by atoms with E-state index in [0.717, 1.165) is 12.0 Å². The fourth-order valence-corrected chi connectivity index (χ4v) is 4.80. The molecule has 9 heteroatoms. The average molecular weight is 479 g/mol. The second-order valence-electron chi connectivity index (χ2n) is 8.43. The first-order valence-electron chi connectivity index (χ1n) is 11.2. The Balaban J connectivity index is 1.28. The Labute approximate surface area is 201 Å². The molecule has 1 saturated heterocycles. The number of nitro groups is 1. The highest BCUT2D eigenvalue weighted by Gasteiger charge is 2.27. The van der Waals surface area contributed by atoms with E-state index < -0.39 is 4.92 Å². The number of nitrogens with one attached hydrogen (secondary N) is 1. The van der Waals surface area contributed by atoms with Crippen LogP contribution in [0.4, 0.5) is 10.8 Å². The largest absolute Gasteiger partial charge is 0.343 e. The molecule has 0 radical (unpaired) electrons. The number of likely N-dealkylation sites (tertiary alicyclic amines) is 1. The number of hydrogen-bond acceptors (Lipinski definition) is 6. The number of benzene rings is 2. The van der Waals surface area contributed by atoms with E-state index in [4.69, 9.17) is 0 Å². The molecule has 1 N–H and O–H groups in total. The molecule has 0 spiro atoms. The fourth-order valence-electron chi connectivity index (χ4n) is 4.08. The number of amides is 2. The van der Waals surface area contributed by atoms with Gasteiger partial charge < -0.3 is 10.2 Å². The lowest BCUT2D eigenvalue weighted by atomic mass is 9.95. The smallest absolute Gasteiger partial charge is 0.272 e. The lowest BCUT2D eigenvalue weighted by molar-refractivity contribution is -0.385. The van der Waals surface area contributed by atoms with Gasteiger partial charge in [-0.1, -0.05) is 42.5 Å². The number of carbonyl (C=O) groups excluding carboxylic acids is 2. The zero-order valence-corrected chi connectivity index (χ0v) is 19.7. The molecule has 1 aliphatic rings. The SMILES string of the molecule is Cc1ccc(-c2csc(NC(=O)C3CCN(C(=O)CCc4ccccc4)CC3)n2)cc1[N+](=O)[O-]. The highest BCUT2D eigenvalue weighted by atomic mass is 32.1. The molecule has 0 unspecified atom stereocenters. The predicted molar refractivity (Wildman–Crippen MR) is 132 cm³/mol. The maximum absolute atomic E-state index is 12.8. The van der Waals surface area contributed by atoms with Crippen molar-refractivity contribution < 1.29 is 14.5 Å². The maximum Gasteiger partial charge on any atom is 0.272 e. The van der Waals surface area contributed by atoms with Crippen LogP contribution < -0.4 is 5.32 Å². The van der Waals surface area contributed by atoms with Crippen molar-refractivity contribution in [3.05, 3.63) is 75.2 Å². The molecule has 0 aliphatic carbocycles. The first-order valence-corrected chi connectivity index (χ1v) is 12.1. The van der Waals surface area contributed by atoms with Gasteiger partial charge in [-0.05, 0) is 31.7 Å². The Kier molecular flexibility index (Phi) is 7.32. The molecule has 34 heavy (non-hydrogen) atoms. The summed E-state index contributed by atoms with van der Waals surface area (Å²) >= 11 is 1.29. The number of nitrogens with zero attached hydrogens (tertiary/aromatic N) is 3. The van der Waals surface area contributed by atoms with Gasteiger partial charge in [-0.2, -0.15) is 0 Å². The summed E-state index contributed by atoms with van der Waals surface area (Å²) in [6.07, 6.45) is 2.42. The third kappa shape index (κ3) is 5.66. The van der Waals surface area contributed by atoms with Crippen molar-refractivity contribution in [3.63, 3.8) is 0 Å². The monoisotopic (exact) mass is 478 g/mol. The van der Waals surface area contributed by atoms with Gasteiger partial charge in [0, 0.05) is 48.0 Å². The molecule has 0 atom stereocenters. The van der Waals surface area contributed by atoms with Gasteiger partial charge in [0.05, 0.1) is 10.6 Å². The summed E-state index contributed by atoms with van der Waals surface area (Å²) in [5, 5.41) is 16.3. The number of piperidine rings is 1. The minimum absolute atomic E-state index is 0.0427. The molecule has 2 heterocycles. The second kappa shape index (κ2) is 10.6. The van der Waals surface area contributed by atoms with Crippen LogP contribution in [0.25, 0.3) is 11.3 Å². The Bertz CT molecular complexity index is 1190. The molecule has 2 aromatic carbocycles. The van der Waals surface area contributed by atoms with Crippen LogP contribution in [0, 0.1) is 23.0 Å². The third-order valence-corrected chi connectivity index (χ3v) is 6.88. The fraction of sp³-hybridized carbons (Fsp3) is 0.320. The summed E-state index contributed by atoms with van der Waals surface area (Å²) in [6.45, 7) is 2.83. The van der Waals surface area contributed by atoms with Gasteiger partial charge in [0.15, 0.2) is 5.13 Å². The highest BCUT2D eigenvalue weighted by Crippen LogP contribution is 2.30. The summed E-state index contributed by atoms with van der Waals surface area (Å²) in [5.74, 6) is -0.155. The average Bonchev–Trinajstić information content (AvgIpc) is 3.31. The van der Waals surface area contributed by atoms with Gasteiger partial charge >= 0.3 is 0 Å². The molecule has 8 nitrogen and oxygen atoms in total. The number of anilines is 1. The number of aromatic nitrogens is 1. The summed E-state index contributed by atoms with van der Waals surface area (Å²) in [5.41, 5.74) is 3.00. The molecular weight excluding hydrogens is 452 g/mol. The first-order chi connectivity index (χ1) is 16.4. The van der Waals surface area contributed by atoms with E-state index in [2.05, 4.69) is 10.3 Å². The van der Waals surface area contributed by atoms with Crippen molar-refractivity contribution >= 4 is 34.0 Å². The van der Waals surface area contributed by atoms with Crippen LogP contribution in [0.5, 0.6) is 0 Å². The molecule has 0 bridgehead atoms. The van der Waals surface area contributed by atoms with Crippen LogP contribution in [-0.4, -0.2) is 39.7 Å². The first kappa shape index (κ1) is 23.6. The van der Waals surface area contributed by atoms with E-state index >= 15 is 0 Å². The molecule has 176 valence electrons. The standard InChI is InChI=1S/C25H26N4O4S/c1-17-7-9-20(15-22(17)29(32)33)21-16-34-25(26-21)27-24(31)19-11-13-28(14-12-19)23(30)10-8-18-5-3-2-4-6-18/h2-7,9,15-16,19H,8,10-14H2,1H3,(H,26,27,31). The molecular formula is C25H26N4O4S. The number of nitro benzene ring substituents is 1. The van der Waals surface area contributed by atoms with E-state index in [1.165, 1.54) is 17.4 Å².